The molecule has 1 fully saturated rings. The zero-order chi connectivity index (χ0) is 14.3. The Bertz CT molecular complexity index is 618. The van der Waals surface area contributed by atoms with Gasteiger partial charge in [-0.1, -0.05) is 18.6 Å². The molecule has 1 aliphatic carbocycles. The molecule has 1 aliphatic rings. The number of aromatic nitrogens is 2. The zero-order valence-electron chi connectivity index (χ0n) is 10.9. The lowest BCUT2D eigenvalue weighted by Crippen LogP contribution is -2.27. The average molecular weight is 283 g/mol. The first kappa shape index (κ1) is 13.4. The summed E-state index contributed by atoms with van der Waals surface area (Å²) in [6.45, 7) is -1.01. The van der Waals surface area contributed by atoms with Crippen molar-refractivity contribution in [2.75, 3.05) is 0 Å². The average Bonchev–Trinajstić information content (AvgIpc) is 2.92. The Morgan fingerprint density at radius 3 is 2.65 bits per heavy atom. The number of benzene rings is 1. The van der Waals surface area contributed by atoms with Crippen molar-refractivity contribution in [1.29, 1.82) is 0 Å². The molecule has 20 heavy (non-hydrogen) atoms. The van der Waals surface area contributed by atoms with Crippen molar-refractivity contribution in [1.82, 2.24) is 9.55 Å². The van der Waals surface area contributed by atoms with Gasteiger partial charge in [-0.15, -0.1) is 0 Å². The Balaban J connectivity index is 2.12. The minimum Gasteiger partial charge on any atom is -0.327 e. The fourth-order valence-electron chi connectivity index (χ4n) is 3.03. The highest BCUT2D eigenvalue weighted by Crippen LogP contribution is 2.35. The quantitative estimate of drug-likeness (QED) is 0.919. The van der Waals surface area contributed by atoms with Crippen LogP contribution in [0.3, 0.4) is 0 Å². The normalized spacial score (nSPS) is 23.6. The van der Waals surface area contributed by atoms with Gasteiger partial charge >= 0.3 is 6.18 Å². The molecule has 0 aliphatic heterocycles. The van der Waals surface area contributed by atoms with E-state index in [4.69, 9.17) is 5.73 Å². The van der Waals surface area contributed by atoms with Gasteiger partial charge in [-0.05, 0) is 25.0 Å². The van der Waals surface area contributed by atoms with Crippen LogP contribution in [0.2, 0.25) is 0 Å². The number of nitrogens with two attached hydrogens (primary N) is 1. The van der Waals surface area contributed by atoms with Crippen LogP contribution in [0.15, 0.2) is 24.3 Å². The van der Waals surface area contributed by atoms with Gasteiger partial charge in [0.1, 0.15) is 12.4 Å². The summed E-state index contributed by atoms with van der Waals surface area (Å²) in [7, 11) is 0. The summed E-state index contributed by atoms with van der Waals surface area (Å²) < 4.78 is 39.8. The Morgan fingerprint density at radius 1 is 1.25 bits per heavy atom. The summed E-state index contributed by atoms with van der Waals surface area (Å²) in [6, 6.07) is 6.84. The summed E-state index contributed by atoms with van der Waals surface area (Å²) in [5.74, 6) is 0.401. The van der Waals surface area contributed by atoms with E-state index in [1.807, 2.05) is 0 Å². The first-order valence-electron chi connectivity index (χ1n) is 6.73. The maximum Gasteiger partial charge on any atom is 0.406 e. The number of imidazole rings is 1. The van der Waals surface area contributed by atoms with Crippen LogP contribution >= 0.6 is 0 Å². The summed E-state index contributed by atoms with van der Waals surface area (Å²) in [4.78, 5) is 4.41. The van der Waals surface area contributed by atoms with Gasteiger partial charge in [0.25, 0.3) is 0 Å². The molecule has 3 nitrogen and oxygen atoms in total. The number of nitrogens with zero attached hydrogens (tertiary/aromatic N) is 2. The molecule has 1 heterocycles. The van der Waals surface area contributed by atoms with Gasteiger partial charge in [0.15, 0.2) is 0 Å². The van der Waals surface area contributed by atoms with Gasteiger partial charge in [-0.3, -0.25) is 0 Å². The maximum atomic E-state index is 12.8. The number of para-hydroxylation sites is 2. The lowest BCUT2D eigenvalue weighted by atomic mass is 10.0. The number of halogens is 3. The molecule has 1 aromatic heterocycles. The van der Waals surface area contributed by atoms with Crippen molar-refractivity contribution in [2.45, 2.75) is 43.9 Å². The van der Waals surface area contributed by atoms with Gasteiger partial charge in [-0.2, -0.15) is 13.2 Å². The number of rotatable bonds is 2. The van der Waals surface area contributed by atoms with Crippen molar-refractivity contribution in [3.8, 4) is 0 Å². The predicted octanol–water partition coefficient (Wildman–Crippen LogP) is 3.19. The van der Waals surface area contributed by atoms with Crippen LogP contribution in [0.1, 0.15) is 31.0 Å². The molecule has 0 amide bonds. The summed E-state index contributed by atoms with van der Waals surface area (Å²) in [5, 5.41) is 0. The lowest BCUT2D eigenvalue weighted by molar-refractivity contribution is -0.140. The topological polar surface area (TPSA) is 43.8 Å². The van der Waals surface area contributed by atoms with E-state index in [0.717, 1.165) is 19.3 Å². The highest BCUT2D eigenvalue weighted by Gasteiger charge is 2.34. The van der Waals surface area contributed by atoms with E-state index >= 15 is 0 Å². The van der Waals surface area contributed by atoms with Crippen LogP contribution < -0.4 is 5.73 Å². The molecular weight excluding hydrogens is 267 g/mol. The van der Waals surface area contributed by atoms with Gasteiger partial charge in [0.2, 0.25) is 0 Å². The second-order valence-electron chi connectivity index (χ2n) is 5.36. The van der Waals surface area contributed by atoms with Crippen LogP contribution in [0.4, 0.5) is 13.2 Å². The molecular formula is C14H16F3N3. The molecule has 0 radical (unpaired) electrons. The first-order chi connectivity index (χ1) is 9.46. The van der Waals surface area contributed by atoms with Gasteiger partial charge in [0.05, 0.1) is 11.0 Å². The van der Waals surface area contributed by atoms with Crippen molar-refractivity contribution < 1.29 is 13.2 Å². The third kappa shape index (κ3) is 2.40. The van der Waals surface area contributed by atoms with E-state index in [1.54, 1.807) is 24.3 Å². The molecule has 2 atom stereocenters. The summed E-state index contributed by atoms with van der Waals surface area (Å²) in [6.07, 6.45) is -1.66. The third-order valence-electron chi connectivity index (χ3n) is 3.92. The van der Waals surface area contributed by atoms with Gasteiger partial charge < -0.3 is 10.3 Å². The molecule has 108 valence electrons. The van der Waals surface area contributed by atoms with Crippen LogP contribution in [0, 0.1) is 0 Å². The Hall–Kier alpha value is -1.56. The fourth-order valence-corrected chi connectivity index (χ4v) is 3.03. The largest absolute Gasteiger partial charge is 0.406 e. The molecule has 2 N–H and O–H groups in total. The molecule has 2 unspecified atom stereocenters. The monoisotopic (exact) mass is 283 g/mol. The van der Waals surface area contributed by atoms with E-state index in [1.165, 1.54) is 4.57 Å². The predicted molar refractivity (Wildman–Crippen MR) is 70.4 cm³/mol. The van der Waals surface area contributed by atoms with E-state index in [9.17, 15) is 13.2 Å². The van der Waals surface area contributed by atoms with Gasteiger partial charge in [-0.25, -0.2) is 4.98 Å². The highest BCUT2D eigenvalue weighted by molar-refractivity contribution is 5.76. The number of hydrogen-bond donors (Lipinski definition) is 1. The molecule has 2 aromatic rings. The second kappa shape index (κ2) is 4.77. The van der Waals surface area contributed by atoms with Crippen molar-refractivity contribution >= 4 is 11.0 Å². The lowest BCUT2D eigenvalue weighted by Gasteiger charge is -2.18. The van der Waals surface area contributed by atoms with Crippen molar-refractivity contribution in [3.63, 3.8) is 0 Å². The minimum absolute atomic E-state index is 0.0789. The maximum absolute atomic E-state index is 12.8. The Morgan fingerprint density at radius 2 is 2.00 bits per heavy atom. The van der Waals surface area contributed by atoms with Crippen molar-refractivity contribution in [3.05, 3.63) is 30.1 Å². The third-order valence-corrected chi connectivity index (χ3v) is 3.92. The number of fused-ring (bicyclic) bond motifs is 1. The molecule has 0 saturated heterocycles. The molecule has 1 aromatic carbocycles. The van der Waals surface area contributed by atoms with Crippen LogP contribution in [-0.2, 0) is 6.54 Å². The van der Waals surface area contributed by atoms with Crippen LogP contribution in [0.25, 0.3) is 11.0 Å². The van der Waals surface area contributed by atoms with E-state index in [-0.39, 0.29) is 12.0 Å². The molecule has 3 rings (SSSR count). The second-order valence-corrected chi connectivity index (χ2v) is 5.36. The van der Waals surface area contributed by atoms with Gasteiger partial charge in [0, 0.05) is 12.0 Å². The number of hydrogen-bond acceptors (Lipinski definition) is 2. The van der Waals surface area contributed by atoms with Crippen molar-refractivity contribution in [2.24, 2.45) is 5.73 Å². The molecule has 6 heteroatoms. The van der Waals surface area contributed by atoms with E-state index in [0.29, 0.717) is 16.9 Å². The standard InChI is InChI=1S/C14H16F3N3/c15-14(16,17)8-20-12-7-2-1-6-11(12)19-13(20)9-4-3-5-10(9)18/h1-2,6-7,9-10H,3-5,8,18H2. The summed E-state index contributed by atoms with van der Waals surface area (Å²) >= 11 is 0. The van der Waals surface area contributed by atoms with Crippen LogP contribution in [-0.4, -0.2) is 21.8 Å². The smallest absolute Gasteiger partial charge is 0.327 e. The Kier molecular flexibility index (Phi) is 3.20. The number of alkyl halides is 3. The SMILES string of the molecule is NC1CCCC1c1nc2ccccc2n1CC(F)(F)F. The molecule has 0 bridgehead atoms. The molecule has 0 spiro atoms. The zero-order valence-corrected chi connectivity index (χ0v) is 10.9. The van der Waals surface area contributed by atoms with Crippen LogP contribution in [0.5, 0.6) is 0 Å². The summed E-state index contributed by atoms with van der Waals surface area (Å²) in [5.41, 5.74) is 7.16. The van der Waals surface area contributed by atoms with E-state index < -0.39 is 12.7 Å². The minimum atomic E-state index is -4.26. The first-order valence-corrected chi connectivity index (χ1v) is 6.73. The highest BCUT2D eigenvalue weighted by atomic mass is 19.4. The fraction of sp³-hybridized carbons (Fsp3) is 0.500. The molecule has 1 saturated carbocycles. The van der Waals surface area contributed by atoms with E-state index in [2.05, 4.69) is 4.98 Å². The Labute approximate surface area is 114 Å².